The SMILES string of the molecule is CCOC(=O)c1c(NC(=O)C(Sc2cccc(NC(=O)c3cccs3)c2)c2ccccc2)sc(C(=O)Nc2ccccc2)c1C. The van der Waals surface area contributed by atoms with E-state index in [1.54, 1.807) is 50.2 Å². The van der Waals surface area contributed by atoms with Crippen LogP contribution in [-0.2, 0) is 9.53 Å². The van der Waals surface area contributed by atoms with E-state index < -0.39 is 17.1 Å². The van der Waals surface area contributed by atoms with Crippen LogP contribution in [0.5, 0.6) is 0 Å². The fourth-order valence-corrected chi connectivity index (χ4v) is 7.23. The lowest BCUT2D eigenvalue weighted by Gasteiger charge is -2.18. The van der Waals surface area contributed by atoms with Crippen LogP contribution >= 0.6 is 34.4 Å². The summed E-state index contributed by atoms with van der Waals surface area (Å²) >= 11 is 3.67. The van der Waals surface area contributed by atoms with E-state index >= 15 is 0 Å². The first kappa shape index (κ1) is 31.7. The van der Waals surface area contributed by atoms with E-state index in [1.807, 2.05) is 66.0 Å². The molecule has 0 saturated carbocycles. The minimum absolute atomic E-state index is 0.134. The van der Waals surface area contributed by atoms with Gasteiger partial charge in [0.1, 0.15) is 10.3 Å². The molecule has 0 bridgehead atoms. The van der Waals surface area contributed by atoms with Crippen molar-refractivity contribution >= 4 is 74.5 Å². The summed E-state index contributed by atoms with van der Waals surface area (Å²) in [5.74, 6) is -1.62. The standard InChI is InChI=1S/C34H29N3O5S3/c1-3-42-34(41)27-21(2)28(31(39)35-23-14-8-5-9-15-23)45-33(27)37-32(40)29(22-12-6-4-7-13-22)44-25-17-10-16-24(20-25)36-30(38)26-18-11-19-43-26/h4-20,29H,3H2,1-2H3,(H,35,39)(H,36,38)(H,37,40). The molecule has 0 spiro atoms. The third-order valence-electron chi connectivity index (χ3n) is 6.53. The van der Waals surface area contributed by atoms with Crippen LogP contribution in [0.1, 0.15) is 53.0 Å². The molecule has 2 aromatic heterocycles. The second-order valence-electron chi connectivity index (χ2n) is 9.66. The van der Waals surface area contributed by atoms with Crippen LogP contribution in [0.25, 0.3) is 0 Å². The minimum atomic E-state index is -0.728. The summed E-state index contributed by atoms with van der Waals surface area (Å²) in [6.07, 6.45) is 0. The average molecular weight is 656 g/mol. The topological polar surface area (TPSA) is 114 Å². The van der Waals surface area contributed by atoms with E-state index in [4.69, 9.17) is 4.74 Å². The second-order valence-corrected chi connectivity index (χ2v) is 12.8. The monoisotopic (exact) mass is 655 g/mol. The average Bonchev–Trinajstić information content (AvgIpc) is 3.70. The van der Waals surface area contributed by atoms with Gasteiger partial charge >= 0.3 is 5.97 Å². The summed E-state index contributed by atoms with van der Waals surface area (Å²) in [6.45, 7) is 3.49. The maximum atomic E-state index is 14.0. The molecule has 3 N–H and O–H groups in total. The Morgan fingerprint density at radius 1 is 0.800 bits per heavy atom. The minimum Gasteiger partial charge on any atom is -0.462 e. The number of thioether (sulfide) groups is 1. The predicted molar refractivity (Wildman–Crippen MR) is 182 cm³/mol. The van der Waals surface area contributed by atoms with Crippen molar-refractivity contribution in [2.45, 2.75) is 24.0 Å². The van der Waals surface area contributed by atoms with Crippen molar-refractivity contribution in [2.24, 2.45) is 0 Å². The molecule has 5 rings (SSSR count). The summed E-state index contributed by atoms with van der Waals surface area (Å²) < 4.78 is 5.30. The molecule has 228 valence electrons. The number of carbonyl (C=O) groups is 4. The van der Waals surface area contributed by atoms with Gasteiger partial charge in [-0.25, -0.2) is 4.79 Å². The van der Waals surface area contributed by atoms with E-state index in [1.165, 1.54) is 23.1 Å². The Balaban J connectivity index is 1.43. The fourth-order valence-electron chi connectivity index (χ4n) is 4.44. The molecule has 8 nitrogen and oxygen atoms in total. The van der Waals surface area contributed by atoms with E-state index in [2.05, 4.69) is 16.0 Å². The number of anilines is 3. The van der Waals surface area contributed by atoms with Crippen LogP contribution in [0.15, 0.2) is 107 Å². The van der Waals surface area contributed by atoms with Crippen molar-refractivity contribution in [3.05, 3.63) is 129 Å². The molecule has 45 heavy (non-hydrogen) atoms. The Morgan fingerprint density at radius 2 is 1.49 bits per heavy atom. The number of thiophene rings is 2. The predicted octanol–water partition coefficient (Wildman–Crippen LogP) is 8.27. The molecular weight excluding hydrogens is 627 g/mol. The number of benzene rings is 3. The summed E-state index contributed by atoms with van der Waals surface area (Å²) in [6, 6.07) is 29.1. The van der Waals surface area contributed by atoms with Gasteiger partial charge in [0.05, 0.1) is 21.9 Å². The van der Waals surface area contributed by atoms with Gasteiger partial charge in [0, 0.05) is 16.3 Å². The van der Waals surface area contributed by atoms with Crippen molar-refractivity contribution < 1.29 is 23.9 Å². The van der Waals surface area contributed by atoms with Gasteiger partial charge in [-0.3, -0.25) is 14.4 Å². The van der Waals surface area contributed by atoms with Crippen LogP contribution in [0.3, 0.4) is 0 Å². The maximum Gasteiger partial charge on any atom is 0.341 e. The van der Waals surface area contributed by atoms with Gasteiger partial charge in [-0.1, -0.05) is 60.7 Å². The molecule has 0 aliphatic heterocycles. The second kappa shape index (κ2) is 14.8. The Kier molecular flexibility index (Phi) is 10.5. The molecule has 0 aliphatic carbocycles. The van der Waals surface area contributed by atoms with Gasteiger partial charge in [0.25, 0.3) is 11.8 Å². The molecule has 0 radical (unpaired) electrons. The Morgan fingerprint density at radius 3 is 2.18 bits per heavy atom. The highest BCUT2D eigenvalue weighted by Gasteiger charge is 2.30. The van der Waals surface area contributed by atoms with E-state index in [-0.39, 0.29) is 33.9 Å². The molecule has 0 fully saturated rings. The molecule has 0 aliphatic rings. The van der Waals surface area contributed by atoms with Crippen LogP contribution in [0.4, 0.5) is 16.4 Å². The van der Waals surface area contributed by atoms with Gasteiger partial charge in [-0.15, -0.1) is 34.4 Å². The lowest BCUT2D eigenvalue weighted by Crippen LogP contribution is -2.20. The van der Waals surface area contributed by atoms with Crippen molar-refractivity contribution in [1.29, 1.82) is 0 Å². The molecule has 2 heterocycles. The maximum absolute atomic E-state index is 14.0. The Labute approximate surface area is 272 Å². The van der Waals surface area contributed by atoms with E-state index in [9.17, 15) is 19.2 Å². The number of hydrogen-bond donors (Lipinski definition) is 3. The zero-order valence-electron chi connectivity index (χ0n) is 24.4. The zero-order chi connectivity index (χ0) is 31.8. The van der Waals surface area contributed by atoms with Gasteiger partial charge in [-0.2, -0.15) is 0 Å². The molecule has 0 saturated heterocycles. The van der Waals surface area contributed by atoms with Crippen molar-refractivity contribution in [3.63, 3.8) is 0 Å². The van der Waals surface area contributed by atoms with Crippen LogP contribution in [-0.4, -0.2) is 30.3 Å². The lowest BCUT2D eigenvalue weighted by molar-refractivity contribution is -0.115. The van der Waals surface area contributed by atoms with E-state index in [0.29, 0.717) is 21.8 Å². The summed E-state index contributed by atoms with van der Waals surface area (Å²) in [5.41, 5.74) is 2.50. The Bertz CT molecular complexity index is 1810. The summed E-state index contributed by atoms with van der Waals surface area (Å²) in [4.78, 5) is 54.6. The van der Waals surface area contributed by atoms with Gasteiger partial charge < -0.3 is 20.7 Å². The summed E-state index contributed by atoms with van der Waals surface area (Å²) in [7, 11) is 0. The van der Waals surface area contributed by atoms with Gasteiger partial charge in [-0.05, 0) is 66.8 Å². The number of hydrogen-bond acceptors (Lipinski definition) is 8. The molecule has 1 unspecified atom stereocenters. The van der Waals surface area contributed by atoms with Crippen LogP contribution < -0.4 is 16.0 Å². The molecule has 11 heteroatoms. The van der Waals surface area contributed by atoms with Crippen molar-refractivity contribution in [2.75, 3.05) is 22.6 Å². The number of para-hydroxylation sites is 1. The lowest BCUT2D eigenvalue weighted by atomic mass is 10.1. The number of rotatable bonds is 11. The van der Waals surface area contributed by atoms with Gasteiger partial charge in [0.2, 0.25) is 5.91 Å². The number of nitrogens with one attached hydrogen (secondary N) is 3. The largest absolute Gasteiger partial charge is 0.462 e. The number of ether oxygens (including phenoxy) is 1. The quantitative estimate of drug-likeness (QED) is 0.0975. The molecule has 5 aromatic rings. The molecule has 3 aromatic carbocycles. The number of amides is 3. The first-order chi connectivity index (χ1) is 21.8. The molecular formula is C34H29N3O5S3. The highest BCUT2D eigenvalue weighted by molar-refractivity contribution is 8.00. The molecule has 3 amide bonds. The highest BCUT2D eigenvalue weighted by atomic mass is 32.2. The molecule has 1 atom stereocenters. The third-order valence-corrected chi connectivity index (χ3v) is 9.85. The normalized spacial score (nSPS) is 11.3. The van der Waals surface area contributed by atoms with Crippen LogP contribution in [0, 0.1) is 6.92 Å². The first-order valence-electron chi connectivity index (χ1n) is 14.0. The third kappa shape index (κ3) is 7.88. The summed E-state index contributed by atoms with van der Waals surface area (Å²) in [5, 5.41) is 10.0. The van der Waals surface area contributed by atoms with Crippen molar-refractivity contribution in [1.82, 2.24) is 0 Å². The van der Waals surface area contributed by atoms with Crippen molar-refractivity contribution in [3.8, 4) is 0 Å². The van der Waals surface area contributed by atoms with Gasteiger partial charge in [0.15, 0.2) is 0 Å². The van der Waals surface area contributed by atoms with Crippen LogP contribution in [0.2, 0.25) is 0 Å². The number of esters is 1. The highest BCUT2D eigenvalue weighted by Crippen LogP contribution is 2.40. The van der Waals surface area contributed by atoms with E-state index in [0.717, 1.165) is 21.8 Å². The smallest absolute Gasteiger partial charge is 0.341 e. The zero-order valence-corrected chi connectivity index (χ0v) is 26.8. The fraction of sp³-hybridized carbons (Fsp3) is 0.118. The number of carbonyl (C=O) groups excluding carboxylic acids is 4. The first-order valence-corrected chi connectivity index (χ1v) is 16.6. The Hall–Kier alpha value is -4.71.